The van der Waals surface area contributed by atoms with E-state index in [0.717, 1.165) is 16.8 Å². The van der Waals surface area contributed by atoms with Crippen molar-refractivity contribution in [2.75, 3.05) is 31.6 Å². The third-order valence-electron chi connectivity index (χ3n) is 5.90. The Kier molecular flexibility index (Phi) is 8.20. The van der Waals surface area contributed by atoms with Gasteiger partial charge < -0.3 is 26.0 Å². The number of amidine groups is 1. The molecule has 1 fully saturated rings. The van der Waals surface area contributed by atoms with E-state index in [1.807, 2.05) is 30.3 Å². The van der Waals surface area contributed by atoms with E-state index in [4.69, 9.17) is 27.5 Å². The Morgan fingerprint density at radius 3 is 2.44 bits per heavy atom. The Balaban J connectivity index is 1.47. The van der Waals surface area contributed by atoms with Gasteiger partial charge in [0.25, 0.3) is 11.8 Å². The number of carbonyl (C=O) groups excluding carboxylic acids is 2. The van der Waals surface area contributed by atoms with Crippen LogP contribution in [0.5, 0.6) is 0 Å². The minimum Gasteiger partial charge on any atom is -0.384 e. The molecule has 0 spiro atoms. The minimum absolute atomic E-state index is 0.0110. The Labute approximate surface area is 214 Å². The summed E-state index contributed by atoms with van der Waals surface area (Å²) in [6.45, 7) is 2.99. The molecular formula is C27H28ClN5O3. The van der Waals surface area contributed by atoms with Gasteiger partial charge in [-0.15, -0.1) is 0 Å². The highest BCUT2D eigenvalue weighted by atomic mass is 35.5. The number of nitrogens with one attached hydrogen (secondary N) is 3. The third-order valence-corrected chi connectivity index (χ3v) is 6.14. The fraction of sp³-hybridized carbons (Fsp3) is 0.222. The highest BCUT2D eigenvalue weighted by Gasteiger charge is 2.18. The number of amides is 2. The number of morpholine rings is 1. The predicted molar refractivity (Wildman–Crippen MR) is 141 cm³/mol. The molecule has 0 radical (unpaired) electrons. The van der Waals surface area contributed by atoms with Gasteiger partial charge in [0.15, 0.2) is 0 Å². The monoisotopic (exact) mass is 505 g/mol. The number of hydrogen-bond acceptors (Lipinski definition) is 5. The normalized spacial score (nSPS) is 13.2. The average molecular weight is 506 g/mol. The number of anilines is 1. The molecule has 2 amide bonds. The summed E-state index contributed by atoms with van der Waals surface area (Å²) < 4.78 is 5.34. The summed E-state index contributed by atoms with van der Waals surface area (Å²) >= 11 is 6.00. The molecule has 1 aliphatic heterocycles. The molecule has 0 atom stereocenters. The quantitative estimate of drug-likeness (QED) is 0.275. The van der Waals surface area contributed by atoms with Crippen LogP contribution in [-0.2, 0) is 17.8 Å². The minimum atomic E-state index is -0.242. The van der Waals surface area contributed by atoms with Gasteiger partial charge in [0.1, 0.15) is 5.84 Å². The van der Waals surface area contributed by atoms with Crippen LogP contribution >= 0.6 is 11.6 Å². The predicted octanol–water partition coefficient (Wildman–Crippen LogP) is 3.64. The molecule has 0 saturated carbocycles. The molecule has 5 N–H and O–H groups in total. The Bertz CT molecular complexity index is 1270. The third kappa shape index (κ3) is 6.41. The van der Waals surface area contributed by atoms with Crippen molar-refractivity contribution in [2.24, 2.45) is 5.73 Å². The zero-order valence-electron chi connectivity index (χ0n) is 19.7. The smallest absolute Gasteiger partial charge is 0.254 e. The molecule has 9 heteroatoms. The molecule has 0 bridgehead atoms. The molecule has 36 heavy (non-hydrogen) atoms. The maximum atomic E-state index is 12.9. The summed E-state index contributed by atoms with van der Waals surface area (Å²) in [4.78, 5) is 27.2. The van der Waals surface area contributed by atoms with Gasteiger partial charge in [-0.3, -0.25) is 15.0 Å². The van der Waals surface area contributed by atoms with Crippen molar-refractivity contribution >= 4 is 34.9 Å². The highest BCUT2D eigenvalue weighted by Crippen LogP contribution is 2.20. The molecule has 0 unspecified atom stereocenters. The van der Waals surface area contributed by atoms with Crippen molar-refractivity contribution < 1.29 is 14.3 Å². The van der Waals surface area contributed by atoms with Crippen LogP contribution in [0.2, 0.25) is 5.02 Å². The largest absolute Gasteiger partial charge is 0.384 e. The van der Waals surface area contributed by atoms with E-state index in [1.54, 1.807) is 41.3 Å². The fourth-order valence-electron chi connectivity index (χ4n) is 3.93. The first-order valence-corrected chi connectivity index (χ1v) is 12.0. The van der Waals surface area contributed by atoms with Crippen LogP contribution in [-0.4, -0.2) is 48.9 Å². The molecule has 8 nitrogen and oxygen atoms in total. The number of nitrogens with zero attached hydrogens (tertiary/aromatic N) is 1. The number of benzene rings is 3. The van der Waals surface area contributed by atoms with Gasteiger partial charge in [-0.1, -0.05) is 41.9 Å². The summed E-state index contributed by atoms with van der Waals surface area (Å²) in [7, 11) is 0. The van der Waals surface area contributed by atoms with Crippen LogP contribution in [0.25, 0.3) is 0 Å². The number of rotatable bonds is 8. The van der Waals surface area contributed by atoms with Gasteiger partial charge in [0.05, 0.1) is 13.2 Å². The van der Waals surface area contributed by atoms with E-state index in [-0.39, 0.29) is 24.2 Å². The van der Waals surface area contributed by atoms with E-state index in [9.17, 15) is 9.59 Å². The van der Waals surface area contributed by atoms with Crippen molar-refractivity contribution in [3.8, 4) is 0 Å². The summed E-state index contributed by atoms with van der Waals surface area (Å²) in [6.07, 6.45) is 0. The molecule has 4 rings (SSSR count). The fourth-order valence-corrected chi connectivity index (χ4v) is 4.12. The molecule has 186 valence electrons. The Hall–Kier alpha value is -3.88. The highest BCUT2D eigenvalue weighted by molar-refractivity contribution is 6.30. The van der Waals surface area contributed by atoms with Crippen molar-refractivity contribution in [2.45, 2.75) is 13.1 Å². The first-order chi connectivity index (χ1) is 17.4. The van der Waals surface area contributed by atoms with E-state index in [2.05, 4.69) is 10.6 Å². The zero-order chi connectivity index (χ0) is 25.5. The lowest BCUT2D eigenvalue weighted by Crippen LogP contribution is -2.40. The lowest BCUT2D eigenvalue weighted by Gasteiger charge is -2.27. The topological polar surface area (TPSA) is 121 Å². The molecule has 0 aromatic heterocycles. The number of nitrogen functional groups attached to an aromatic ring is 1. The van der Waals surface area contributed by atoms with Crippen molar-refractivity contribution in [1.29, 1.82) is 5.41 Å². The first-order valence-electron chi connectivity index (χ1n) is 11.6. The number of nitrogens with two attached hydrogens (primary N) is 1. The Morgan fingerprint density at radius 1 is 0.944 bits per heavy atom. The second-order valence-electron chi connectivity index (χ2n) is 8.44. The van der Waals surface area contributed by atoms with Gasteiger partial charge in [-0.25, -0.2) is 0 Å². The number of halogens is 1. The second kappa shape index (κ2) is 11.7. The first kappa shape index (κ1) is 25.2. The van der Waals surface area contributed by atoms with Gasteiger partial charge in [0.2, 0.25) is 0 Å². The number of carbonyl (C=O) groups is 2. The van der Waals surface area contributed by atoms with Gasteiger partial charge >= 0.3 is 0 Å². The van der Waals surface area contributed by atoms with Crippen molar-refractivity contribution in [3.63, 3.8) is 0 Å². The molecule has 1 heterocycles. The molecule has 1 saturated heterocycles. The SMILES string of the molecule is N=C(N)c1ccc(CNC(=O)c2cccc(Cl)c2)c(NCc2cccc(C(=O)N3CCOCC3)c2)c1. The van der Waals surface area contributed by atoms with Crippen LogP contribution in [0, 0.1) is 5.41 Å². The summed E-state index contributed by atoms with van der Waals surface area (Å²) in [5, 5.41) is 14.6. The molecule has 0 aliphatic carbocycles. The van der Waals surface area contributed by atoms with Crippen LogP contribution in [0.3, 0.4) is 0 Å². The van der Waals surface area contributed by atoms with Gasteiger partial charge in [-0.05, 0) is 47.5 Å². The van der Waals surface area contributed by atoms with Crippen LogP contribution in [0.1, 0.15) is 37.4 Å². The lowest BCUT2D eigenvalue weighted by atomic mass is 10.1. The lowest BCUT2D eigenvalue weighted by molar-refractivity contribution is 0.0303. The molecule has 1 aliphatic rings. The van der Waals surface area contributed by atoms with E-state index < -0.39 is 0 Å². The number of hydrogen-bond donors (Lipinski definition) is 4. The van der Waals surface area contributed by atoms with Crippen LogP contribution in [0.4, 0.5) is 5.69 Å². The average Bonchev–Trinajstić information content (AvgIpc) is 2.91. The summed E-state index contributed by atoms with van der Waals surface area (Å²) in [6, 6.07) is 19.6. The van der Waals surface area contributed by atoms with Gasteiger partial charge in [-0.2, -0.15) is 0 Å². The Morgan fingerprint density at radius 2 is 1.69 bits per heavy atom. The number of ether oxygens (including phenoxy) is 1. The van der Waals surface area contributed by atoms with E-state index in [0.29, 0.717) is 54.6 Å². The zero-order valence-corrected chi connectivity index (χ0v) is 20.5. The maximum Gasteiger partial charge on any atom is 0.254 e. The van der Waals surface area contributed by atoms with Crippen molar-refractivity contribution in [1.82, 2.24) is 10.2 Å². The van der Waals surface area contributed by atoms with Crippen molar-refractivity contribution in [3.05, 3.63) is 99.6 Å². The molecule has 3 aromatic carbocycles. The van der Waals surface area contributed by atoms with E-state index in [1.165, 1.54) is 0 Å². The maximum absolute atomic E-state index is 12.9. The standard InChI is InChI=1S/C27H28ClN5O3/c28-23-6-2-4-20(14-23)26(34)32-17-22-8-7-19(25(29)30)15-24(22)31-16-18-3-1-5-21(13-18)27(35)33-9-11-36-12-10-33/h1-8,13-15,31H,9-12,16-17H2,(H3,29,30)(H,32,34). The van der Waals surface area contributed by atoms with Crippen LogP contribution < -0.4 is 16.4 Å². The van der Waals surface area contributed by atoms with E-state index >= 15 is 0 Å². The summed E-state index contributed by atoms with van der Waals surface area (Å²) in [5.41, 5.74) is 9.86. The molecular weight excluding hydrogens is 478 g/mol. The molecule has 3 aromatic rings. The van der Waals surface area contributed by atoms with Crippen LogP contribution in [0.15, 0.2) is 66.7 Å². The second-order valence-corrected chi connectivity index (χ2v) is 8.87. The van der Waals surface area contributed by atoms with Gasteiger partial charge in [0, 0.05) is 53.6 Å². The summed E-state index contributed by atoms with van der Waals surface area (Å²) in [5.74, 6) is -0.303.